The van der Waals surface area contributed by atoms with Crippen molar-refractivity contribution >= 4 is 27.5 Å². The number of carbonyl (C=O) groups is 2. The Morgan fingerprint density at radius 3 is 2.67 bits per heavy atom. The Balaban J connectivity index is 1.47. The number of cyclic esters (lactones) is 1. The number of aromatic nitrogens is 3. The molecule has 0 saturated carbocycles. The highest BCUT2D eigenvalue weighted by atomic mass is 32.2. The van der Waals surface area contributed by atoms with Crippen molar-refractivity contribution in [1.82, 2.24) is 20.7 Å². The lowest BCUT2D eigenvalue weighted by molar-refractivity contribution is -0.119. The van der Waals surface area contributed by atoms with Crippen LogP contribution in [0.1, 0.15) is 12.5 Å². The standard InChI is InChI=1S/C21H20FN5O5S/c1-13(28)23-9-17-11-27(21(29)32-17)16-6-7-18(19(22)8-16)15-4-2-14(3-5-15)12-33(30,31)20-10-24-26-25-20/h2-8,10,17H,9,11-12H2,1H3,(H,23,28)(H,24,25,26)/t17-/m0/s1. The number of halogens is 1. The monoisotopic (exact) mass is 473 g/mol. The fourth-order valence-electron chi connectivity index (χ4n) is 3.42. The number of hydrogen-bond donors (Lipinski definition) is 2. The minimum absolute atomic E-state index is 0.0760. The largest absolute Gasteiger partial charge is 0.442 e. The Labute approximate surface area is 188 Å². The van der Waals surface area contributed by atoms with E-state index in [-0.39, 0.29) is 29.8 Å². The maximum absolute atomic E-state index is 14.9. The Morgan fingerprint density at radius 1 is 1.27 bits per heavy atom. The first kappa shape index (κ1) is 22.4. The SMILES string of the molecule is CC(=O)NC[C@H]1CN(c2ccc(-c3ccc(CS(=O)(=O)c4cnn[nH]4)cc3)c(F)c2)C(=O)O1. The first-order valence-electron chi connectivity index (χ1n) is 9.93. The van der Waals surface area contributed by atoms with E-state index in [0.717, 1.165) is 6.20 Å². The zero-order chi connectivity index (χ0) is 23.6. The van der Waals surface area contributed by atoms with Crippen LogP contribution in [0.25, 0.3) is 11.1 Å². The molecule has 0 unspecified atom stereocenters. The van der Waals surface area contributed by atoms with E-state index in [1.54, 1.807) is 36.4 Å². The van der Waals surface area contributed by atoms with Crippen LogP contribution in [0.5, 0.6) is 0 Å². The molecule has 0 bridgehead atoms. The molecule has 1 aliphatic rings. The van der Waals surface area contributed by atoms with Crippen LogP contribution in [0.3, 0.4) is 0 Å². The number of nitrogens with one attached hydrogen (secondary N) is 2. The number of nitrogens with zero attached hydrogens (tertiary/aromatic N) is 3. The van der Waals surface area contributed by atoms with Crippen LogP contribution in [-0.2, 0) is 25.1 Å². The minimum atomic E-state index is -3.62. The van der Waals surface area contributed by atoms with E-state index in [1.165, 1.54) is 17.9 Å². The number of anilines is 1. The van der Waals surface area contributed by atoms with Crippen molar-refractivity contribution in [3.63, 3.8) is 0 Å². The molecule has 1 aromatic heterocycles. The van der Waals surface area contributed by atoms with Crippen LogP contribution in [0.15, 0.2) is 53.7 Å². The summed E-state index contributed by atoms with van der Waals surface area (Å²) in [4.78, 5) is 24.5. The number of carbonyl (C=O) groups excluding carboxylic acids is 2. The van der Waals surface area contributed by atoms with Crippen LogP contribution in [0.4, 0.5) is 14.9 Å². The van der Waals surface area contributed by atoms with E-state index in [1.807, 2.05) is 0 Å². The van der Waals surface area contributed by atoms with Gasteiger partial charge in [-0.3, -0.25) is 9.69 Å². The van der Waals surface area contributed by atoms with Crippen LogP contribution in [-0.4, -0.2) is 55.0 Å². The molecule has 33 heavy (non-hydrogen) atoms. The van der Waals surface area contributed by atoms with Crippen LogP contribution >= 0.6 is 0 Å². The molecule has 0 aliphatic carbocycles. The molecule has 0 radical (unpaired) electrons. The van der Waals surface area contributed by atoms with E-state index in [9.17, 15) is 22.4 Å². The summed E-state index contributed by atoms with van der Waals surface area (Å²) >= 11 is 0. The molecule has 2 N–H and O–H groups in total. The van der Waals surface area contributed by atoms with Gasteiger partial charge in [-0.2, -0.15) is 0 Å². The summed E-state index contributed by atoms with van der Waals surface area (Å²) in [6, 6.07) is 10.8. The van der Waals surface area contributed by atoms with E-state index < -0.39 is 27.9 Å². The number of benzene rings is 2. The van der Waals surface area contributed by atoms with Crippen molar-refractivity contribution in [2.24, 2.45) is 0 Å². The van der Waals surface area contributed by atoms with Gasteiger partial charge in [-0.25, -0.2) is 22.7 Å². The smallest absolute Gasteiger partial charge is 0.414 e. The zero-order valence-electron chi connectivity index (χ0n) is 17.5. The second-order valence-electron chi connectivity index (χ2n) is 7.49. The number of H-pyrrole nitrogens is 1. The van der Waals surface area contributed by atoms with Gasteiger partial charge in [-0.15, -0.1) is 5.10 Å². The molecular formula is C21H20FN5O5S. The molecule has 172 valence electrons. The third kappa shape index (κ3) is 5.00. The molecule has 1 fully saturated rings. The van der Waals surface area contributed by atoms with Gasteiger partial charge in [0.05, 0.1) is 30.7 Å². The van der Waals surface area contributed by atoms with Crippen molar-refractivity contribution in [3.8, 4) is 11.1 Å². The van der Waals surface area contributed by atoms with Crippen LogP contribution in [0.2, 0.25) is 0 Å². The molecule has 4 rings (SSSR count). The molecule has 2 aromatic carbocycles. The molecular weight excluding hydrogens is 453 g/mol. The zero-order valence-corrected chi connectivity index (χ0v) is 18.3. The highest BCUT2D eigenvalue weighted by Gasteiger charge is 2.32. The molecule has 1 aliphatic heterocycles. The maximum Gasteiger partial charge on any atom is 0.414 e. The molecule has 3 aromatic rings. The van der Waals surface area contributed by atoms with Gasteiger partial charge >= 0.3 is 6.09 Å². The van der Waals surface area contributed by atoms with Gasteiger partial charge in [0.15, 0.2) is 5.03 Å². The molecule has 2 amide bonds. The first-order chi connectivity index (χ1) is 15.7. The molecule has 0 spiro atoms. The third-order valence-corrected chi connectivity index (χ3v) is 6.65. The summed E-state index contributed by atoms with van der Waals surface area (Å²) in [5.41, 5.74) is 1.71. The predicted molar refractivity (Wildman–Crippen MR) is 115 cm³/mol. The Kier molecular flexibility index (Phi) is 6.09. The quantitative estimate of drug-likeness (QED) is 0.536. The van der Waals surface area contributed by atoms with Gasteiger partial charge < -0.3 is 10.1 Å². The summed E-state index contributed by atoms with van der Waals surface area (Å²) < 4.78 is 44.7. The van der Waals surface area contributed by atoms with Gasteiger partial charge in [-0.1, -0.05) is 29.5 Å². The highest BCUT2D eigenvalue weighted by Crippen LogP contribution is 2.29. The lowest BCUT2D eigenvalue weighted by atomic mass is 10.0. The van der Waals surface area contributed by atoms with Gasteiger partial charge in [-0.05, 0) is 29.3 Å². The van der Waals surface area contributed by atoms with Gasteiger partial charge in [0.25, 0.3) is 0 Å². The second kappa shape index (κ2) is 8.98. The average molecular weight is 473 g/mol. The Bertz CT molecular complexity index is 1280. The fraction of sp³-hybridized carbons (Fsp3) is 0.238. The molecule has 12 heteroatoms. The second-order valence-corrected chi connectivity index (χ2v) is 9.45. The van der Waals surface area contributed by atoms with E-state index in [2.05, 4.69) is 20.7 Å². The molecule has 10 nitrogen and oxygen atoms in total. The minimum Gasteiger partial charge on any atom is -0.442 e. The van der Waals surface area contributed by atoms with Crippen molar-refractivity contribution in [2.75, 3.05) is 18.0 Å². The molecule has 1 atom stereocenters. The fourth-order valence-corrected chi connectivity index (χ4v) is 4.59. The summed E-state index contributed by atoms with van der Waals surface area (Å²) in [6.07, 6.45) is -0.000201. The summed E-state index contributed by atoms with van der Waals surface area (Å²) in [5.74, 6) is -1.04. The average Bonchev–Trinajstić information content (AvgIpc) is 3.43. The topological polar surface area (TPSA) is 134 Å². The normalized spacial score (nSPS) is 16.0. The summed E-state index contributed by atoms with van der Waals surface area (Å²) in [7, 11) is -3.62. The van der Waals surface area contributed by atoms with Crippen molar-refractivity contribution in [3.05, 3.63) is 60.0 Å². The number of aromatic amines is 1. The summed E-state index contributed by atoms with van der Waals surface area (Å²) in [6.45, 7) is 1.73. The number of hydrogen-bond acceptors (Lipinski definition) is 7. The van der Waals surface area contributed by atoms with E-state index in [0.29, 0.717) is 22.4 Å². The number of rotatable bonds is 7. The lowest BCUT2D eigenvalue weighted by Gasteiger charge is -2.14. The molecule has 2 heterocycles. The van der Waals surface area contributed by atoms with Gasteiger partial charge in [0, 0.05) is 12.5 Å². The summed E-state index contributed by atoms with van der Waals surface area (Å²) in [5, 5.41) is 11.7. The van der Waals surface area contributed by atoms with Crippen molar-refractivity contribution < 1.29 is 27.1 Å². The van der Waals surface area contributed by atoms with Gasteiger partial charge in [0.2, 0.25) is 15.7 Å². The number of sulfone groups is 1. The first-order valence-corrected chi connectivity index (χ1v) is 11.6. The number of amides is 2. The Morgan fingerprint density at radius 2 is 2.03 bits per heavy atom. The maximum atomic E-state index is 14.9. The molecule has 1 saturated heterocycles. The van der Waals surface area contributed by atoms with E-state index in [4.69, 9.17) is 4.74 Å². The Hall–Kier alpha value is -3.80. The van der Waals surface area contributed by atoms with Crippen LogP contribution in [0, 0.1) is 5.82 Å². The van der Waals surface area contributed by atoms with Gasteiger partial charge in [0.1, 0.15) is 11.9 Å². The third-order valence-electron chi connectivity index (χ3n) is 5.07. The highest BCUT2D eigenvalue weighted by molar-refractivity contribution is 7.90. The van der Waals surface area contributed by atoms with E-state index >= 15 is 0 Å². The lowest BCUT2D eigenvalue weighted by Crippen LogP contribution is -2.33. The van der Waals surface area contributed by atoms with Crippen molar-refractivity contribution in [1.29, 1.82) is 0 Å². The number of ether oxygens (including phenoxy) is 1. The van der Waals surface area contributed by atoms with Crippen molar-refractivity contribution in [2.45, 2.75) is 23.8 Å². The van der Waals surface area contributed by atoms with Crippen LogP contribution < -0.4 is 10.2 Å². The predicted octanol–water partition coefficient (Wildman–Crippen LogP) is 2.05.